The highest BCUT2D eigenvalue weighted by Crippen LogP contribution is 2.23. The molecule has 128 valence electrons. The fourth-order valence-corrected chi connectivity index (χ4v) is 3.94. The number of rotatable bonds is 4. The molecule has 0 saturated carbocycles. The predicted molar refractivity (Wildman–Crippen MR) is 107 cm³/mol. The van der Waals surface area contributed by atoms with Crippen molar-refractivity contribution < 1.29 is 4.79 Å². The molecule has 0 aliphatic carbocycles. The molecule has 26 heavy (non-hydrogen) atoms. The van der Waals surface area contributed by atoms with Gasteiger partial charge >= 0.3 is 0 Å². The first kappa shape index (κ1) is 16.5. The van der Waals surface area contributed by atoms with Gasteiger partial charge in [0.2, 0.25) is 0 Å². The fraction of sp³-hybridized carbons (Fsp3) is 0.0909. The lowest BCUT2D eigenvalue weighted by Crippen LogP contribution is -2.26. The van der Waals surface area contributed by atoms with Gasteiger partial charge in [-0.1, -0.05) is 54.6 Å². The first-order valence-corrected chi connectivity index (χ1v) is 9.28. The topological polar surface area (TPSA) is 33.2 Å². The van der Waals surface area contributed by atoms with Crippen molar-refractivity contribution >= 4 is 27.5 Å². The summed E-state index contributed by atoms with van der Waals surface area (Å²) in [5.74, 6) is 0.00358. The molecule has 4 heteroatoms. The van der Waals surface area contributed by atoms with Gasteiger partial charge in [0, 0.05) is 12.6 Å². The van der Waals surface area contributed by atoms with Gasteiger partial charge in [-0.3, -0.25) is 4.79 Å². The standard InChI is InChI=1S/C22H18N2OS/c1-24(15-21-23-19-9-5-6-10-20(19)26-21)22(25)18-13-11-17(12-14-18)16-7-3-2-4-8-16/h2-14H,15H2,1H3. The number of thiazole rings is 1. The minimum Gasteiger partial charge on any atom is -0.335 e. The van der Waals surface area contributed by atoms with Crippen molar-refractivity contribution in [1.29, 1.82) is 0 Å². The zero-order chi connectivity index (χ0) is 17.9. The molecule has 4 aromatic rings. The van der Waals surface area contributed by atoms with Crippen LogP contribution in [0.4, 0.5) is 0 Å². The van der Waals surface area contributed by atoms with E-state index in [1.165, 1.54) is 0 Å². The van der Waals surface area contributed by atoms with Crippen molar-refractivity contribution in [3.8, 4) is 11.1 Å². The van der Waals surface area contributed by atoms with Gasteiger partial charge in [-0.2, -0.15) is 0 Å². The second-order valence-electron chi connectivity index (χ2n) is 6.18. The monoisotopic (exact) mass is 358 g/mol. The molecular weight excluding hydrogens is 340 g/mol. The molecule has 3 aromatic carbocycles. The number of hydrogen-bond acceptors (Lipinski definition) is 3. The first-order valence-electron chi connectivity index (χ1n) is 8.46. The van der Waals surface area contributed by atoms with Gasteiger partial charge in [0.25, 0.3) is 5.91 Å². The van der Waals surface area contributed by atoms with Crippen molar-refractivity contribution in [3.63, 3.8) is 0 Å². The Morgan fingerprint density at radius 2 is 1.54 bits per heavy atom. The molecule has 0 atom stereocenters. The van der Waals surface area contributed by atoms with Gasteiger partial charge in [0.1, 0.15) is 5.01 Å². The summed E-state index contributed by atoms with van der Waals surface area (Å²) in [6.07, 6.45) is 0. The summed E-state index contributed by atoms with van der Waals surface area (Å²) in [6.45, 7) is 0.513. The highest BCUT2D eigenvalue weighted by Gasteiger charge is 2.14. The smallest absolute Gasteiger partial charge is 0.253 e. The van der Waals surface area contributed by atoms with Crippen LogP contribution in [0.1, 0.15) is 15.4 Å². The molecule has 0 unspecified atom stereocenters. The average Bonchev–Trinajstić information content (AvgIpc) is 3.10. The van der Waals surface area contributed by atoms with Crippen LogP contribution < -0.4 is 0 Å². The number of hydrogen-bond donors (Lipinski definition) is 0. The summed E-state index contributed by atoms with van der Waals surface area (Å²) in [5, 5.41) is 0.947. The number of benzene rings is 3. The Morgan fingerprint density at radius 1 is 0.885 bits per heavy atom. The van der Waals surface area contributed by atoms with Crippen LogP contribution in [-0.4, -0.2) is 22.8 Å². The molecule has 0 aliphatic heterocycles. The van der Waals surface area contributed by atoms with Gasteiger partial charge in [0.05, 0.1) is 16.8 Å². The SMILES string of the molecule is CN(Cc1nc2ccccc2s1)C(=O)c1ccc(-c2ccccc2)cc1. The molecule has 0 spiro atoms. The Morgan fingerprint density at radius 3 is 2.27 bits per heavy atom. The van der Waals surface area contributed by atoms with Crippen molar-refractivity contribution in [1.82, 2.24) is 9.88 Å². The van der Waals surface area contributed by atoms with Crippen molar-refractivity contribution in [3.05, 3.63) is 89.4 Å². The van der Waals surface area contributed by atoms with E-state index < -0.39 is 0 Å². The molecule has 0 aliphatic rings. The van der Waals surface area contributed by atoms with E-state index in [2.05, 4.69) is 23.2 Å². The maximum Gasteiger partial charge on any atom is 0.253 e. The van der Waals surface area contributed by atoms with Crippen LogP contribution in [0.2, 0.25) is 0 Å². The molecule has 1 amide bonds. The number of para-hydroxylation sites is 1. The number of carbonyl (C=O) groups excluding carboxylic acids is 1. The second-order valence-corrected chi connectivity index (χ2v) is 7.30. The highest BCUT2D eigenvalue weighted by molar-refractivity contribution is 7.18. The molecule has 0 fully saturated rings. The quantitative estimate of drug-likeness (QED) is 0.500. The van der Waals surface area contributed by atoms with Crippen LogP contribution in [0.15, 0.2) is 78.9 Å². The Balaban J connectivity index is 1.49. The van der Waals surface area contributed by atoms with E-state index in [4.69, 9.17) is 0 Å². The zero-order valence-corrected chi connectivity index (χ0v) is 15.2. The average molecular weight is 358 g/mol. The van der Waals surface area contributed by atoms with Crippen molar-refractivity contribution in [2.75, 3.05) is 7.05 Å². The summed E-state index contributed by atoms with van der Waals surface area (Å²) < 4.78 is 1.15. The zero-order valence-electron chi connectivity index (χ0n) is 14.4. The van der Waals surface area contributed by atoms with Crippen LogP contribution in [-0.2, 0) is 6.54 Å². The van der Waals surface area contributed by atoms with Gasteiger partial charge in [-0.25, -0.2) is 4.98 Å². The minimum atomic E-state index is 0.00358. The second kappa shape index (κ2) is 7.10. The molecule has 0 N–H and O–H groups in total. The van der Waals surface area contributed by atoms with E-state index in [-0.39, 0.29) is 5.91 Å². The van der Waals surface area contributed by atoms with Gasteiger partial charge < -0.3 is 4.90 Å². The molecule has 0 saturated heterocycles. The Labute approximate surface area is 156 Å². The molecule has 0 radical (unpaired) electrons. The highest BCUT2D eigenvalue weighted by atomic mass is 32.1. The van der Waals surface area contributed by atoms with Crippen LogP contribution in [0, 0.1) is 0 Å². The third kappa shape index (κ3) is 3.37. The van der Waals surface area contributed by atoms with E-state index in [9.17, 15) is 4.79 Å². The molecule has 3 nitrogen and oxygen atoms in total. The summed E-state index contributed by atoms with van der Waals surface area (Å²) in [5.41, 5.74) is 3.93. The fourth-order valence-electron chi connectivity index (χ4n) is 2.92. The first-order chi connectivity index (χ1) is 12.7. The van der Waals surface area contributed by atoms with Crippen LogP contribution in [0.5, 0.6) is 0 Å². The summed E-state index contributed by atoms with van der Waals surface area (Å²) in [6, 6.07) is 26.0. The summed E-state index contributed by atoms with van der Waals surface area (Å²) >= 11 is 1.63. The van der Waals surface area contributed by atoms with Gasteiger partial charge in [0.15, 0.2) is 0 Å². The van der Waals surface area contributed by atoms with Gasteiger partial charge in [-0.15, -0.1) is 11.3 Å². The number of fused-ring (bicyclic) bond motifs is 1. The Kier molecular flexibility index (Phi) is 4.50. The molecule has 1 heterocycles. The van der Waals surface area contributed by atoms with Crippen LogP contribution >= 0.6 is 11.3 Å². The maximum atomic E-state index is 12.7. The van der Waals surface area contributed by atoms with Crippen LogP contribution in [0.25, 0.3) is 21.3 Å². The molecule has 0 bridgehead atoms. The van der Waals surface area contributed by atoms with E-state index in [1.807, 2.05) is 67.7 Å². The van der Waals surface area contributed by atoms with E-state index >= 15 is 0 Å². The predicted octanol–water partition coefficient (Wildman–Crippen LogP) is 5.24. The van der Waals surface area contributed by atoms with E-state index in [1.54, 1.807) is 16.2 Å². The lowest BCUT2D eigenvalue weighted by molar-refractivity contribution is 0.0785. The third-order valence-corrected chi connectivity index (χ3v) is 5.32. The maximum absolute atomic E-state index is 12.7. The van der Waals surface area contributed by atoms with Gasteiger partial charge in [-0.05, 0) is 35.4 Å². The number of amides is 1. The van der Waals surface area contributed by atoms with E-state index in [0.29, 0.717) is 12.1 Å². The number of carbonyl (C=O) groups is 1. The number of nitrogens with zero attached hydrogens (tertiary/aromatic N) is 2. The van der Waals surface area contributed by atoms with Crippen LogP contribution in [0.3, 0.4) is 0 Å². The largest absolute Gasteiger partial charge is 0.335 e. The minimum absolute atomic E-state index is 0.00358. The molecule has 1 aromatic heterocycles. The summed E-state index contributed by atoms with van der Waals surface area (Å²) in [7, 11) is 1.82. The lowest BCUT2D eigenvalue weighted by atomic mass is 10.0. The lowest BCUT2D eigenvalue weighted by Gasteiger charge is -2.16. The van der Waals surface area contributed by atoms with Crippen molar-refractivity contribution in [2.24, 2.45) is 0 Å². The normalized spacial score (nSPS) is 10.8. The molecular formula is C22H18N2OS. The van der Waals surface area contributed by atoms with Crippen molar-refractivity contribution in [2.45, 2.75) is 6.54 Å². The Bertz CT molecular complexity index is 1010. The Hall–Kier alpha value is -2.98. The third-order valence-electron chi connectivity index (χ3n) is 4.30. The molecule has 4 rings (SSSR count). The number of aromatic nitrogens is 1. The summed E-state index contributed by atoms with van der Waals surface area (Å²) in [4.78, 5) is 19.0. The van der Waals surface area contributed by atoms with E-state index in [0.717, 1.165) is 26.4 Å².